The highest BCUT2D eigenvalue weighted by Crippen LogP contribution is 2.22. The van der Waals surface area contributed by atoms with E-state index in [9.17, 15) is 4.39 Å². The summed E-state index contributed by atoms with van der Waals surface area (Å²) in [7, 11) is 0. The van der Waals surface area contributed by atoms with Crippen molar-refractivity contribution in [2.24, 2.45) is 0 Å². The molecule has 0 unspecified atom stereocenters. The molecule has 0 aliphatic carbocycles. The number of nitrogens with two attached hydrogens (primary N) is 1. The Hall–Kier alpha value is -3.09. The molecule has 3 rings (SSSR count). The van der Waals surface area contributed by atoms with Gasteiger partial charge >= 0.3 is 6.01 Å². The van der Waals surface area contributed by atoms with Crippen LogP contribution in [0, 0.1) is 5.82 Å². The zero-order chi connectivity index (χ0) is 14.7. The lowest BCUT2D eigenvalue weighted by atomic mass is 10.2. The predicted octanol–water partition coefficient (Wildman–Crippen LogP) is 2.45. The van der Waals surface area contributed by atoms with E-state index in [2.05, 4.69) is 20.2 Å². The van der Waals surface area contributed by atoms with Crippen molar-refractivity contribution in [3.63, 3.8) is 0 Å². The van der Waals surface area contributed by atoms with Crippen LogP contribution in [0.2, 0.25) is 0 Å². The van der Waals surface area contributed by atoms with Gasteiger partial charge in [-0.15, -0.1) is 10.2 Å². The number of aromatic nitrogens is 4. The molecular weight excluding hydrogens is 273 g/mol. The molecule has 0 radical (unpaired) electrons. The quantitative estimate of drug-likeness (QED) is 0.794. The maximum Gasteiger partial charge on any atom is 0.322 e. The maximum atomic E-state index is 13.4. The third-order valence-corrected chi connectivity index (χ3v) is 2.65. The first kappa shape index (κ1) is 12.9. The molecule has 2 aromatic heterocycles. The van der Waals surface area contributed by atoms with Crippen molar-refractivity contribution in [1.29, 1.82) is 0 Å². The second kappa shape index (κ2) is 5.49. The standard InChI is InChI=1S/C14H10FN5O/c15-10-3-1-2-4-12(10)21-14-17-7-9(8-18-14)11-5-6-13(16)20-19-11/h1-8H,(H2,16,20). The summed E-state index contributed by atoms with van der Waals surface area (Å²) in [5.74, 6) is -0.0775. The molecule has 0 aliphatic heterocycles. The van der Waals surface area contributed by atoms with E-state index < -0.39 is 5.82 Å². The Kier molecular flexibility index (Phi) is 3.38. The van der Waals surface area contributed by atoms with Crippen LogP contribution >= 0.6 is 0 Å². The third-order valence-electron chi connectivity index (χ3n) is 2.65. The first-order valence-electron chi connectivity index (χ1n) is 6.06. The smallest absolute Gasteiger partial charge is 0.322 e. The fraction of sp³-hybridized carbons (Fsp3) is 0. The second-order valence-electron chi connectivity index (χ2n) is 4.13. The van der Waals surface area contributed by atoms with Crippen LogP contribution < -0.4 is 10.5 Å². The monoisotopic (exact) mass is 283 g/mol. The molecule has 104 valence electrons. The van der Waals surface area contributed by atoms with Gasteiger partial charge in [-0.25, -0.2) is 14.4 Å². The number of nitrogens with zero attached hydrogens (tertiary/aromatic N) is 4. The molecule has 0 saturated heterocycles. The molecule has 0 bridgehead atoms. The molecule has 2 N–H and O–H groups in total. The van der Waals surface area contributed by atoms with Crippen LogP contribution in [0.15, 0.2) is 48.8 Å². The average Bonchev–Trinajstić information content (AvgIpc) is 2.51. The minimum atomic E-state index is -0.477. The molecule has 21 heavy (non-hydrogen) atoms. The Labute approximate surface area is 119 Å². The summed E-state index contributed by atoms with van der Waals surface area (Å²) in [6.45, 7) is 0. The van der Waals surface area contributed by atoms with E-state index in [1.54, 1.807) is 24.3 Å². The summed E-state index contributed by atoms with van der Waals surface area (Å²) in [6, 6.07) is 9.42. The highest BCUT2D eigenvalue weighted by Gasteiger charge is 2.07. The van der Waals surface area contributed by atoms with Crippen molar-refractivity contribution in [3.05, 3.63) is 54.6 Å². The van der Waals surface area contributed by atoms with Gasteiger partial charge in [0.2, 0.25) is 0 Å². The van der Waals surface area contributed by atoms with Crippen LogP contribution in [0.5, 0.6) is 11.8 Å². The van der Waals surface area contributed by atoms with Gasteiger partial charge in [0.1, 0.15) is 5.82 Å². The number of halogens is 1. The lowest BCUT2D eigenvalue weighted by Gasteiger charge is -2.05. The summed E-state index contributed by atoms with van der Waals surface area (Å²) in [5, 5.41) is 7.67. The predicted molar refractivity (Wildman–Crippen MR) is 73.9 cm³/mol. The zero-order valence-electron chi connectivity index (χ0n) is 10.8. The van der Waals surface area contributed by atoms with Crippen LogP contribution in [0.3, 0.4) is 0 Å². The maximum absolute atomic E-state index is 13.4. The molecule has 1 aromatic carbocycles. The number of ether oxygens (including phenoxy) is 1. The Morgan fingerprint density at radius 2 is 1.71 bits per heavy atom. The molecule has 7 heteroatoms. The Balaban J connectivity index is 1.81. The largest absolute Gasteiger partial charge is 0.421 e. The van der Waals surface area contributed by atoms with Gasteiger partial charge < -0.3 is 10.5 Å². The highest BCUT2D eigenvalue weighted by atomic mass is 19.1. The molecule has 6 nitrogen and oxygen atoms in total. The second-order valence-corrected chi connectivity index (χ2v) is 4.13. The lowest BCUT2D eigenvalue weighted by molar-refractivity contribution is 0.411. The lowest BCUT2D eigenvalue weighted by Crippen LogP contribution is -1.96. The molecule has 0 aliphatic rings. The number of para-hydroxylation sites is 1. The Morgan fingerprint density at radius 1 is 0.952 bits per heavy atom. The van der Waals surface area contributed by atoms with Gasteiger partial charge in [0.25, 0.3) is 0 Å². The fourth-order valence-corrected chi connectivity index (χ4v) is 1.62. The summed E-state index contributed by atoms with van der Waals surface area (Å²) in [5.41, 5.74) is 6.71. The van der Waals surface area contributed by atoms with Crippen LogP contribution in [-0.4, -0.2) is 20.2 Å². The van der Waals surface area contributed by atoms with Gasteiger partial charge in [-0.3, -0.25) is 0 Å². The number of benzene rings is 1. The Morgan fingerprint density at radius 3 is 2.38 bits per heavy atom. The van der Waals surface area contributed by atoms with E-state index in [-0.39, 0.29) is 11.8 Å². The molecule has 0 amide bonds. The number of hydrogen-bond donors (Lipinski definition) is 1. The van der Waals surface area contributed by atoms with Gasteiger partial charge in [-0.05, 0) is 24.3 Å². The van der Waals surface area contributed by atoms with E-state index in [4.69, 9.17) is 10.5 Å². The topological polar surface area (TPSA) is 86.8 Å². The molecular formula is C14H10FN5O. The number of nitrogen functional groups attached to an aromatic ring is 1. The summed E-state index contributed by atoms with van der Waals surface area (Å²) in [4.78, 5) is 8.03. The molecule has 3 aromatic rings. The van der Waals surface area contributed by atoms with Gasteiger partial charge in [-0.1, -0.05) is 12.1 Å². The van der Waals surface area contributed by atoms with Gasteiger partial charge in [0.05, 0.1) is 5.69 Å². The Bertz CT molecular complexity index is 746. The normalized spacial score (nSPS) is 10.3. The first-order chi connectivity index (χ1) is 10.2. The molecule has 0 spiro atoms. The molecule has 0 atom stereocenters. The van der Waals surface area contributed by atoms with Crippen LogP contribution in [-0.2, 0) is 0 Å². The van der Waals surface area contributed by atoms with E-state index in [0.29, 0.717) is 17.1 Å². The molecule has 0 fully saturated rings. The summed E-state index contributed by atoms with van der Waals surface area (Å²) in [6.07, 6.45) is 3.03. The van der Waals surface area contributed by atoms with Crippen molar-refractivity contribution in [1.82, 2.24) is 20.2 Å². The number of rotatable bonds is 3. The first-order valence-corrected chi connectivity index (χ1v) is 6.06. The average molecular weight is 283 g/mol. The number of anilines is 1. The van der Waals surface area contributed by atoms with Gasteiger partial charge in [0.15, 0.2) is 11.6 Å². The molecule has 0 saturated carbocycles. The van der Waals surface area contributed by atoms with Crippen molar-refractivity contribution in [3.8, 4) is 23.0 Å². The van der Waals surface area contributed by atoms with Crippen LogP contribution in [0.25, 0.3) is 11.3 Å². The van der Waals surface area contributed by atoms with E-state index in [1.807, 2.05) is 0 Å². The zero-order valence-corrected chi connectivity index (χ0v) is 10.8. The van der Waals surface area contributed by atoms with Crippen molar-refractivity contribution >= 4 is 5.82 Å². The summed E-state index contributed by atoms with van der Waals surface area (Å²) < 4.78 is 18.7. The molecule has 2 heterocycles. The minimum Gasteiger partial charge on any atom is -0.421 e. The highest BCUT2D eigenvalue weighted by molar-refractivity contribution is 5.56. The van der Waals surface area contributed by atoms with Crippen molar-refractivity contribution in [2.75, 3.05) is 5.73 Å². The van der Waals surface area contributed by atoms with E-state index in [0.717, 1.165) is 0 Å². The van der Waals surface area contributed by atoms with Gasteiger partial charge in [0, 0.05) is 18.0 Å². The van der Waals surface area contributed by atoms with Crippen LogP contribution in [0.4, 0.5) is 10.2 Å². The SMILES string of the molecule is Nc1ccc(-c2cnc(Oc3ccccc3F)nc2)nn1. The fourth-order valence-electron chi connectivity index (χ4n) is 1.62. The summed E-state index contributed by atoms with van der Waals surface area (Å²) >= 11 is 0. The van der Waals surface area contributed by atoms with Crippen molar-refractivity contribution in [2.45, 2.75) is 0 Å². The van der Waals surface area contributed by atoms with E-state index >= 15 is 0 Å². The van der Waals surface area contributed by atoms with Crippen molar-refractivity contribution < 1.29 is 9.13 Å². The minimum absolute atomic E-state index is 0.0484. The van der Waals surface area contributed by atoms with Crippen LogP contribution in [0.1, 0.15) is 0 Å². The third kappa shape index (κ3) is 2.92. The van der Waals surface area contributed by atoms with Gasteiger partial charge in [-0.2, -0.15) is 0 Å². The number of hydrogen-bond acceptors (Lipinski definition) is 6. The van der Waals surface area contributed by atoms with E-state index in [1.165, 1.54) is 24.5 Å².